The van der Waals surface area contributed by atoms with Crippen LogP contribution < -0.4 is 5.73 Å². The van der Waals surface area contributed by atoms with Crippen LogP contribution in [-0.2, 0) is 19.1 Å². The van der Waals surface area contributed by atoms with E-state index < -0.39 is 35.2 Å². The molecular weight excluding hydrogens is 250 g/mol. The first-order chi connectivity index (χ1) is 7.59. The molecule has 17 heavy (non-hydrogen) atoms. The molecule has 0 bridgehead atoms. The Morgan fingerprint density at radius 3 is 1.94 bits per heavy atom. The highest BCUT2D eigenvalue weighted by Gasteiger charge is 2.47. The highest BCUT2D eigenvalue weighted by molar-refractivity contribution is 6.34. The summed E-state index contributed by atoms with van der Waals surface area (Å²) in [6.07, 6.45) is -0.914. The molecule has 0 fully saturated rings. The third-order valence-electron chi connectivity index (χ3n) is 1.65. The Hall–Kier alpha value is -0.850. The van der Waals surface area contributed by atoms with Gasteiger partial charge in [0.15, 0.2) is 6.04 Å². The van der Waals surface area contributed by atoms with Crippen LogP contribution in [0.15, 0.2) is 0 Å². The summed E-state index contributed by atoms with van der Waals surface area (Å²) < 4.78 is 9.42. The Morgan fingerprint density at radius 1 is 1.18 bits per heavy atom. The Labute approximate surface area is 105 Å². The second-order valence-electron chi connectivity index (χ2n) is 4.09. The Morgan fingerprint density at radius 2 is 1.59 bits per heavy atom. The zero-order valence-corrected chi connectivity index (χ0v) is 11.0. The minimum absolute atomic E-state index is 0.429. The van der Waals surface area contributed by atoms with Gasteiger partial charge in [0.2, 0.25) is 0 Å². The third-order valence-corrected chi connectivity index (χ3v) is 2.04. The topological polar surface area (TPSA) is 98.9 Å². The lowest BCUT2D eigenvalue weighted by Gasteiger charge is -2.25. The molecule has 2 unspecified atom stereocenters. The number of hydrogen-bond donors (Lipinski definition) is 2. The summed E-state index contributed by atoms with van der Waals surface area (Å²) in [6, 6.07) is -1.71. The molecule has 0 aliphatic rings. The van der Waals surface area contributed by atoms with Crippen LogP contribution in [0.3, 0.4) is 0 Å². The SMILES string of the molecule is CC(C)OC(=O)C(N)C(O)(Cl)C(=O)OC(C)C. The molecule has 0 amide bonds. The zero-order chi connectivity index (χ0) is 13.8. The molecule has 0 spiro atoms. The van der Waals surface area contributed by atoms with Crippen molar-refractivity contribution < 1.29 is 24.2 Å². The van der Waals surface area contributed by atoms with Crippen LogP contribution in [0.4, 0.5) is 0 Å². The van der Waals surface area contributed by atoms with Gasteiger partial charge in [-0.05, 0) is 27.7 Å². The monoisotopic (exact) mass is 267 g/mol. The van der Waals surface area contributed by atoms with Crippen molar-refractivity contribution in [1.29, 1.82) is 0 Å². The summed E-state index contributed by atoms with van der Waals surface area (Å²) in [5, 5.41) is 7.02. The Kier molecular flexibility index (Phi) is 5.87. The summed E-state index contributed by atoms with van der Waals surface area (Å²) in [5.41, 5.74) is 5.36. The van der Waals surface area contributed by atoms with Crippen LogP contribution in [0.2, 0.25) is 0 Å². The molecule has 0 radical (unpaired) electrons. The number of carbonyl (C=O) groups excluding carboxylic acids is 2. The molecule has 0 saturated carbocycles. The number of aliphatic hydroxyl groups is 1. The van der Waals surface area contributed by atoms with Gasteiger partial charge in [-0.2, -0.15) is 0 Å². The van der Waals surface area contributed by atoms with Gasteiger partial charge in [0.05, 0.1) is 12.2 Å². The predicted molar refractivity (Wildman–Crippen MR) is 61.2 cm³/mol. The number of carbonyl (C=O) groups is 2. The van der Waals surface area contributed by atoms with Crippen LogP contribution in [0.25, 0.3) is 0 Å². The predicted octanol–water partition coefficient (Wildman–Crippen LogP) is 0.144. The summed E-state index contributed by atoms with van der Waals surface area (Å²) >= 11 is 5.51. The summed E-state index contributed by atoms with van der Waals surface area (Å²) in [5.74, 6) is -2.15. The molecule has 0 rings (SSSR count). The average Bonchev–Trinajstić information content (AvgIpc) is 2.14. The largest absolute Gasteiger partial charge is 0.462 e. The second kappa shape index (κ2) is 6.18. The molecule has 0 aromatic heterocycles. The smallest absolute Gasteiger partial charge is 0.356 e. The first kappa shape index (κ1) is 16.1. The Balaban J connectivity index is 4.68. The van der Waals surface area contributed by atoms with E-state index in [0.29, 0.717) is 0 Å². The summed E-state index contributed by atoms with van der Waals surface area (Å²) in [4.78, 5) is 22.8. The number of alkyl halides is 1. The highest BCUT2D eigenvalue weighted by atomic mass is 35.5. The van der Waals surface area contributed by atoms with Crippen molar-refractivity contribution in [3.05, 3.63) is 0 Å². The zero-order valence-electron chi connectivity index (χ0n) is 10.3. The van der Waals surface area contributed by atoms with Crippen LogP contribution in [0, 0.1) is 0 Å². The minimum Gasteiger partial charge on any atom is -0.462 e. The fourth-order valence-corrected chi connectivity index (χ4v) is 1.02. The second-order valence-corrected chi connectivity index (χ2v) is 4.67. The minimum atomic E-state index is -2.63. The maximum absolute atomic E-state index is 11.4. The van der Waals surface area contributed by atoms with Crippen molar-refractivity contribution in [2.75, 3.05) is 0 Å². The lowest BCUT2D eigenvalue weighted by molar-refractivity contribution is -0.170. The quantitative estimate of drug-likeness (QED) is 0.543. The molecule has 2 atom stereocenters. The van der Waals surface area contributed by atoms with Gasteiger partial charge >= 0.3 is 11.9 Å². The molecule has 3 N–H and O–H groups in total. The average molecular weight is 268 g/mol. The van der Waals surface area contributed by atoms with Crippen molar-refractivity contribution in [2.45, 2.75) is 51.0 Å². The summed E-state index contributed by atoms with van der Waals surface area (Å²) in [6.45, 7) is 6.35. The summed E-state index contributed by atoms with van der Waals surface area (Å²) in [7, 11) is 0. The normalized spacial score (nSPS) is 16.5. The van der Waals surface area contributed by atoms with Crippen LogP contribution in [-0.4, -0.2) is 40.4 Å². The van der Waals surface area contributed by atoms with E-state index in [2.05, 4.69) is 4.74 Å². The number of esters is 2. The standard InChI is InChI=1S/C10H18ClNO5/c1-5(2)16-8(13)7(12)10(11,15)9(14)17-6(3)4/h5-7,15H,12H2,1-4H3. The van der Waals surface area contributed by atoms with E-state index in [1.807, 2.05) is 0 Å². The molecule has 0 aromatic carbocycles. The molecule has 7 heteroatoms. The van der Waals surface area contributed by atoms with Gasteiger partial charge in [-0.1, -0.05) is 11.6 Å². The van der Waals surface area contributed by atoms with Gasteiger partial charge in [0, 0.05) is 0 Å². The van der Waals surface area contributed by atoms with Gasteiger partial charge in [-0.25, -0.2) is 4.79 Å². The molecule has 0 saturated heterocycles. The molecule has 100 valence electrons. The van der Waals surface area contributed by atoms with Gasteiger partial charge in [-0.3, -0.25) is 4.79 Å². The van der Waals surface area contributed by atoms with E-state index in [1.54, 1.807) is 27.7 Å². The molecule has 0 aliphatic carbocycles. The number of halogens is 1. The van der Waals surface area contributed by atoms with Crippen molar-refractivity contribution in [2.24, 2.45) is 5.73 Å². The van der Waals surface area contributed by atoms with Gasteiger partial charge in [0.1, 0.15) is 0 Å². The lowest BCUT2D eigenvalue weighted by Crippen LogP contribution is -2.56. The van der Waals surface area contributed by atoms with Crippen molar-refractivity contribution in [3.63, 3.8) is 0 Å². The molecule has 0 heterocycles. The fourth-order valence-electron chi connectivity index (χ4n) is 0.885. The first-order valence-corrected chi connectivity index (χ1v) is 5.55. The first-order valence-electron chi connectivity index (χ1n) is 5.17. The maximum Gasteiger partial charge on any atom is 0.356 e. The lowest BCUT2D eigenvalue weighted by atomic mass is 10.1. The van der Waals surface area contributed by atoms with Crippen molar-refractivity contribution >= 4 is 23.5 Å². The van der Waals surface area contributed by atoms with E-state index in [9.17, 15) is 14.7 Å². The highest BCUT2D eigenvalue weighted by Crippen LogP contribution is 2.19. The van der Waals surface area contributed by atoms with Crippen LogP contribution in [0.5, 0.6) is 0 Å². The Bertz CT molecular complexity index is 290. The maximum atomic E-state index is 11.4. The molecule has 0 aliphatic heterocycles. The number of rotatable bonds is 5. The van der Waals surface area contributed by atoms with E-state index in [0.717, 1.165) is 0 Å². The van der Waals surface area contributed by atoms with Gasteiger partial charge in [-0.15, -0.1) is 0 Å². The number of ether oxygens (including phenoxy) is 2. The van der Waals surface area contributed by atoms with E-state index >= 15 is 0 Å². The molecule has 0 aromatic rings. The van der Waals surface area contributed by atoms with Crippen molar-refractivity contribution in [3.8, 4) is 0 Å². The van der Waals surface area contributed by atoms with Gasteiger partial charge < -0.3 is 20.3 Å². The third kappa shape index (κ3) is 4.89. The number of nitrogens with two attached hydrogens (primary N) is 1. The van der Waals surface area contributed by atoms with E-state index in [4.69, 9.17) is 22.1 Å². The van der Waals surface area contributed by atoms with E-state index in [1.165, 1.54) is 0 Å². The van der Waals surface area contributed by atoms with E-state index in [-0.39, 0.29) is 0 Å². The molecule has 6 nitrogen and oxygen atoms in total. The van der Waals surface area contributed by atoms with Crippen LogP contribution >= 0.6 is 11.6 Å². The van der Waals surface area contributed by atoms with Crippen LogP contribution in [0.1, 0.15) is 27.7 Å². The fraction of sp³-hybridized carbons (Fsp3) is 0.800. The molecular formula is C10H18ClNO5. The van der Waals surface area contributed by atoms with Gasteiger partial charge in [0.25, 0.3) is 5.06 Å². The van der Waals surface area contributed by atoms with Crippen molar-refractivity contribution in [1.82, 2.24) is 0 Å². The number of hydrogen-bond acceptors (Lipinski definition) is 6.